The summed E-state index contributed by atoms with van der Waals surface area (Å²) in [5, 5.41) is 0.0861. The zero-order chi connectivity index (χ0) is 16.6. The molecule has 0 aliphatic heterocycles. The minimum atomic E-state index is -3.40. The molecule has 5 heteroatoms. The van der Waals surface area contributed by atoms with Gasteiger partial charge in [-0.15, -0.1) is 0 Å². The molecule has 0 heterocycles. The highest BCUT2D eigenvalue weighted by molar-refractivity contribution is 7.92. The molecule has 0 amide bonds. The van der Waals surface area contributed by atoms with Crippen LogP contribution in [-0.2, 0) is 16.3 Å². The van der Waals surface area contributed by atoms with E-state index in [9.17, 15) is 8.42 Å². The van der Waals surface area contributed by atoms with Gasteiger partial charge >= 0.3 is 0 Å². The Balaban J connectivity index is 1.90. The number of benzene rings is 2. The third-order valence-corrected chi connectivity index (χ3v) is 7.18. The number of nitrogens with two attached hydrogens (primary N) is 1. The molecule has 0 saturated heterocycles. The Labute approximate surface area is 142 Å². The van der Waals surface area contributed by atoms with Gasteiger partial charge in [0.05, 0.1) is 10.1 Å². The van der Waals surface area contributed by atoms with E-state index in [2.05, 4.69) is 19.1 Å². The third-order valence-electron chi connectivity index (χ3n) is 4.64. The molecule has 0 radical (unpaired) electrons. The maximum Gasteiger partial charge on any atom is 0.182 e. The summed E-state index contributed by atoms with van der Waals surface area (Å²) in [6.07, 6.45) is 0.970. The normalized spacial score (nSPS) is 23.7. The van der Waals surface area contributed by atoms with Crippen molar-refractivity contribution in [1.29, 1.82) is 0 Å². The van der Waals surface area contributed by atoms with Crippen LogP contribution in [0.5, 0.6) is 0 Å². The molecule has 3 atom stereocenters. The molecule has 1 aliphatic rings. The van der Waals surface area contributed by atoms with Crippen molar-refractivity contribution in [1.82, 2.24) is 0 Å². The van der Waals surface area contributed by atoms with Crippen LogP contribution in [0.15, 0.2) is 53.4 Å². The number of halogens is 1. The number of hydrogen-bond acceptors (Lipinski definition) is 3. The first kappa shape index (κ1) is 16.5. The molecule has 2 N–H and O–H groups in total. The van der Waals surface area contributed by atoms with Crippen LogP contribution < -0.4 is 5.73 Å². The van der Waals surface area contributed by atoms with Gasteiger partial charge in [0.2, 0.25) is 0 Å². The molecular formula is C18H20ClNO2S. The summed E-state index contributed by atoms with van der Waals surface area (Å²) in [5.74, 6) is -0.0465. The lowest BCUT2D eigenvalue weighted by Gasteiger charge is -2.05. The quantitative estimate of drug-likeness (QED) is 0.899. The van der Waals surface area contributed by atoms with E-state index in [0.29, 0.717) is 16.5 Å². The van der Waals surface area contributed by atoms with Crippen LogP contribution in [0.3, 0.4) is 0 Å². The molecule has 2 aromatic carbocycles. The van der Waals surface area contributed by atoms with E-state index < -0.39 is 15.1 Å². The van der Waals surface area contributed by atoms with E-state index in [1.165, 1.54) is 5.56 Å². The topological polar surface area (TPSA) is 60.2 Å². The molecule has 1 fully saturated rings. The lowest BCUT2D eigenvalue weighted by Crippen LogP contribution is -2.13. The zero-order valence-corrected chi connectivity index (χ0v) is 14.5. The zero-order valence-electron chi connectivity index (χ0n) is 12.9. The minimum Gasteiger partial charge on any atom is -0.330 e. The number of sulfone groups is 1. The smallest absolute Gasteiger partial charge is 0.182 e. The number of hydrogen-bond donors (Lipinski definition) is 1. The van der Waals surface area contributed by atoms with Crippen molar-refractivity contribution >= 4 is 21.4 Å². The van der Waals surface area contributed by atoms with Crippen LogP contribution in [0.2, 0.25) is 5.02 Å². The Kier molecular flexibility index (Phi) is 4.50. The summed E-state index contributed by atoms with van der Waals surface area (Å²) in [7, 11) is -3.40. The molecule has 0 spiro atoms. The van der Waals surface area contributed by atoms with Crippen LogP contribution in [0.1, 0.15) is 24.0 Å². The largest absolute Gasteiger partial charge is 0.330 e. The van der Waals surface area contributed by atoms with E-state index in [0.717, 1.165) is 12.0 Å². The van der Waals surface area contributed by atoms with Crippen LogP contribution in [0, 0.1) is 5.92 Å². The maximum atomic E-state index is 12.9. The molecule has 122 valence electrons. The van der Waals surface area contributed by atoms with Gasteiger partial charge in [-0.3, -0.25) is 0 Å². The Morgan fingerprint density at radius 3 is 2.17 bits per heavy atom. The fourth-order valence-corrected chi connectivity index (χ4v) is 5.59. The lowest BCUT2D eigenvalue weighted by atomic mass is 10.1. The van der Waals surface area contributed by atoms with Gasteiger partial charge in [0.25, 0.3) is 0 Å². The minimum absolute atomic E-state index is 0.0217. The van der Waals surface area contributed by atoms with Crippen molar-refractivity contribution in [3.8, 4) is 0 Å². The summed E-state index contributed by atoms with van der Waals surface area (Å²) in [6.45, 7) is 2.47. The van der Waals surface area contributed by atoms with Gasteiger partial charge in [-0.25, -0.2) is 8.42 Å². The van der Waals surface area contributed by atoms with Gasteiger partial charge in [0.1, 0.15) is 0 Å². The monoisotopic (exact) mass is 349 g/mol. The highest BCUT2D eigenvalue weighted by Gasteiger charge is 2.57. The molecule has 0 aromatic heterocycles. The number of aryl methyl sites for hydroxylation is 1. The molecule has 2 aromatic rings. The van der Waals surface area contributed by atoms with Gasteiger partial charge in [0.15, 0.2) is 9.84 Å². The van der Waals surface area contributed by atoms with Crippen molar-refractivity contribution in [2.45, 2.75) is 29.4 Å². The first-order valence-electron chi connectivity index (χ1n) is 7.77. The predicted octanol–water partition coefficient (Wildman–Crippen LogP) is 3.42. The first-order chi connectivity index (χ1) is 11.0. The van der Waals surface area contributed by atoms with Gasteiger partial charge in [-0.1, -0.05) is 42.8 Å². The van der Waals surface area contributed by atoms with Crippen LogP contribution >= 0.6 is 11.6 Å². The number of rotatable bonds is 5. The van der Waals surface area contributed by atoms with Gasteiger partial charge < -0.3 is 5.73 Å². The van der Waals surface area contributed by atoms with E-state index in [4.69, 9.17) is 17.3 Å². The molecule has 1 aliphatic carbocycles. The van der Waals surface area contributed by atoms with Gasteiger partial charge in [0, 0.05) is 10.9 Å². The molecule has 3 rings (SSSR count). The van der Waals surface area contributed by atoms with Crippen LogP contribution in [0.4, 0.5) is 0 Å². The van der Waals surface area contributed by atoms with E-state index >= 15 is 0 Å². The maximum absolute atomic E-state index is 12.9. The lowest BCUT2D eigenvalue weighted by molar-refractivity contribution is 0.591. The van der Waals surface area contributed by atoms with Crippen molar-refractivity contribution < 1.29 is 8.42 Å². The van der Waals surface area contributed by atoms with Crippen LogP contribution in [-0.4, -0.2) is 20.2 Å². The SMILES string of the molecule is CCc1ccc([C@@H]2[C@H](CN)[C@@H]2S(=O)(=O)c2ccc(Cl)cc2)cc1. The van der Waals surface area contributed by atoms with E-state index in [1.807, 2.05) is 12.1 Å². The molecule has 3 nitrogen and oxygen atoms in total. The summed E-state index contributed by atoms with van der Waals surface area (Å²) < 4.78 is 25.8. The van der Waals surface area contributed by atoms with Gasteiger partial charge in [-0.2, -0.15) is 0 Å². The van der Waals surface area contributed by atoms with E-state index in [1.54, 1.807) is 24.3 Å². The second kappa shape index (κ2) is 6.27. The molecule has 0 bridgehead atoms. The molecule has 23 heavy (non-hydrogen) atoms. The average molecular weight is 350 g/mol. The fraction of sp³-hybridized carbons (Fsp3) is 0.333. The Bertz CT molecular complexity index is 785. The van der Waals surface area contributed by atoms with Crippen molar-refractivity contribution in [3.05, 3.63) is 64.7 Å². The molecular weight excluding hydrogens is 330 g/mol. The van der Waals surface area contributed by atoms with E-state index in [-0.39, 0.29) is 11.8 Å². The van der Waals surface area contributed by atoms with Gasteiger partial charge in [-0.05, 0) is 54.3 Å². The highest BCUT2D eigenvalue weighted by atomic mass is 35.5. The Hall–Kier alpha value is -1.36. The second-order valence-electron chi connectivity index (χ2n) is 5.98. The van der Waals surface area contributed by atoms with Crippen molar-refractivity contribution in [3.63, 3.8) is 0 Å². The molecule has 1 saturated carbocycles. The van der Waals surface area contributed by atoms with Crippen molar-refractivity contribution in [2.75, 3.05) is 6.54 Å². The summed E-state index contributed by atoms with van der Waals surface area (Å²) >= 11 is 5.85. The Morgan fingerprint density at radius 1 is 1.04 bits per heavy atom. The second-order valence-corrected chi connectivity index (χ2v) is 8.53. The first-order valence-corrected chi connectivity index (χ1v) is 9.69. The summed E-state index contributed by atoms with van der Waals surface area (Å²) in [4.78, 5) is 0.318. The fourth-order valence-electron chi connectivity index (χ4n) is 3.24. The highest BCUT2D eigenvalue weighted by Crippen LogP contribution is 2.53. The summed E-state index contributed by atoms with van der Waals surface area (Å²) in [5.41, 5.74) is 8.12. The molecule has 0 unspecified atom stereocenters. The van der Waals surface area contributed by atoms with Crippen molar-refractivity contribution in [2.24, 2.45) is 11.7 Å². The third kappa shape index (κ3) is 3.03. The Morgan fingerprint density at radius 2 is 1.65 bits per heavy atom. The summed E-state index contributed by atoms with van der Waals surface area (Å²) in [6, 6.07) is 14.5. The standard InChI is InChI=1S/C18H20ClNO2S/c1-2-12-3-5-13(6-4-12)17-16(11-20)18(17)23(21,22)15-9-7-14(19)8-10-15/h3-10,16-18H,2,11,20H2,1H3/t16-,17+,18-/m0/s1. The average Bonchev–Trinajstić information content (AvgIpc) is 3.31. The predicted molar refractivity (Wildman–Crippen MR) is 93.5 cm³/mol. The van der Waals surface area contributed by atoms with Crippen LogP contribution in [0.25, 0.3) is 0 Å².